The Morgan fingerprint density at radius 2 is 2.12 bits per heavy atom. The number of unbranched alkanes of at least 4 members (excludes halogenated alkanes) is 2. The highest BCUT2D eigenvalue weighted by Gasteiger charge is 2.24. The van der Waals surface area contributed by atoms with E-state index in [0.717, 1.165) is 25.7 Å². The molecule has 0 aromatic carbocycles. The van der Waals surface area contributed by atoms with Gasteiger partial charge >= 0.3 is 0 Å². The van der Waals surface area contributed by atoms with Crippen LogP contribution in [0.4, 0.5) is 0 Å². The van der Waals surface area contributed by atoms with Crippen LogP contribution in [0, 0.1) is 11.3 Å². The first-order valence-corrected chi connectivity index (χ1v) is 7.36. The van der Waals surface area contributed by atoms with Crippen molar-refractivity contribution in [3.05, 3.63) is 0 Å². The van der Waals surface area contributed by atoms with Gasteiger partial charge in [-0.3, -0.25) is 0 Å². The summed E-state index contributed by atoms with van der Waals surface area (Å²) in [5, 5.41) is 3.71. The highest BCUT2D eigenvalue weighted by Crippen LogP contribution is 2.24. The van der Waals surface area contributed by atoms with Gasteiger partial charge in [-0.2, -0.15) is 0 Å². The van der Waals surface area contributed by atoms with Crippen LogP contribution in [0.3, 0.4) is 0 Å². The second kappa shape index (κ2) is 7.38. The third-order valence-corrected chi connectivity index (χ3v) is 4.03. The smallest absolute Gasteiger partial charge is 0.0509 e. The van der Waals surface area contributed by atoms with E-state index in [9.17, 15) is 0 Å². The molecular weight excluding hydrogens is 210 g/mol. The molecule has 0 bridgehead atoms. The van der Waals surface area contributed by atoms with Gasteiger partial charge in [0, 0.05) is 19.2 Å². The first kappa shape index (κ1) is 15.0. The van der Waals surface area contributed by atoms with E-state index in [1.807, 2.05) is 0 Å². The van der Waals surface area contributed by atoms with Crippen molar-refractivity contribution in [3.63, 3.8) is 0 Å². The molecule has 0 amide bonds. The van der Waals surface area contributed by atoms with Crippen LogP contribution in [-0.2, 0) is 4.74 Å². The van der Waals surface area contributed by atoms with Crippen LogP contribution < -0.4 is 5.32 Å². The summed E-state index contributed by atoms with van der Waals surface area (Å²) in [6.07, 6.45) is 6.62. The molecule has 1 aliphatic heterocycles. The van der Waals surface area contributed by atoms with Crippen LogP contribution in [0.25, 0.3) is 0 Å². The normalized spacial score (nSPS) is 22.9. The van der Waals surface area contributed by atoms with Gasteiger partial charge in [0.15, 0.2) is 0 Å². The minimum Gasteiger partial charge on any atom is -0.381 e. The first-order valence-electron chi connectivity index (χ1n) is 7.36. The molecule has 1 fully saturated rings. The van der Waals surface area contributed by atoms with Crippen LogP contribution in [0.1, 0.15) is 59.8 Å². The second-order valence-corrected chi connectivity index (χ2v) is 6.41. The van der Waals surface area contributed by atoms with Crippen LogP contribution in [0.2, 0.25) is 0 Å². The van der Waals surface area contributed by atoms with Gasteiger partial charge in [-0.05, 0) is 31.1 Å². The molecule has 2 nitrogen and oxygen atoms in total. The Kier molecular flexibility index (Phi) is 6.50. The van der Waals surface area contributed by atoms with E-state index in [-0.39, 0.29) is 0 Å². The lowest BCUT2D eigenvalue weighted by molar-refractivity contribution is 0.175. The number of hydrogen-bond acceptors (Lipinski definition) is 2. The van der Waals surface area contributed by atoms with E-state index < -0.39 is 0 Å². The molecule has 0 spiro atoms. The molecule has 1 heterocycles. The molecule has 2 heteroatoms. The van der Waals surface area contributed by atoms with Gasteiger partial charge in [0.2, 0.25) is 0 Å². The third kappa shape index (κ3) is 5.87. The van der Waals surface area contributed by atoms with Crippen molar-refractivity contribution >= 4 is 0 Å². The number of nitrogens with one attached hydrogen (secondary N) is 1. The molecule has 1 N–H and O–H groups in total. The van der Waals surface area contributed by atoms with Gasteiger partial charge in [-0.1, -0.05) is 40.0 Å². The Hall–Kier alpha value is -0.0800. The second-order valence-electron chi connectivity index (χ2n) is 6.41. The molecular formula is C15H31NO. The van der Waals surface area contributed by atoms with Crippen LogP contribution >= 0.6 is 0 Å². The molecule has 1 saturated heterocycles. The summed E-state index contributed by atoms with van der Waals surface area (Å²) in [6.45, 7) is 12.4. The fourth-order valence-corrected chi connectivity index (χ4v) is 2.49. The van der Waals surface area contributed by atoms with Crippen molar-refractivity contribution in [2.24, 2.45) is 11.3 Å². The van der Waals surface area contributed by atoms with E-state index in [1.54, 1.807) is 0 Å². The fraction of sp³-hybridized carbons (Fsp3) is 1.00. The highest BCUT2D eigenvalue weighted by molar-refractivity contribution is 4.79. The van der Waals surface area contributed by atoms with E-state index in [0.29, 0.717) is 11.5 Å². The standard InChI is InChI=1S/C15H31NO/c1-5-6-7-9-15(3,4)12-16-13(2)14-8-10-17-11-14/h13-14,16H,5-12H2,1-4H3. The highest BCUT2D eigenvalue weighted by atomic mass is 16.5. The van der Waals surface area contributed by atoms with Crippen molar-refractivity contribution in [2.45, 2.75) is 65.8 Å². The summed E-state index contributed by atoms with van der Waals surface area (Å²) in [5.74, 6) is 0.724. The molecule has 2 atom stereocenters. The van der Waals surface area contributed by atoms with Gasteiger partial charge in [-0.15, -0.1) is 0 Å². The van der Waals surface area contributed by atoms with Crippen molar-refractivity contribution in [1.29, 1.82) is 0 Å². The quantitative estimate of drug-likeness (QED) is 0.656. The Morgan fingerprint density at radius 1 is 1.35 bits per heavy atom. The largest absolute Gasteiger partial charge is 0.381 e. The molecule has 1 aliphatic rings. The average molecular weight is 241 g/mol. The number of ether oxygens (including phenoxy) is 1. The van der Waals surface area contributed by atoms with Crippen LogP contribution in [-0.4, -0.2) is 25.8 Å². The monoisotopic (exact) mass is 241 g/mol. The third-order valence-electron chi connectivity index (χ3n) is 4.03. The van der Waals surface area contributed by atoms with Crippen molar-refractivity contribution in [3.8, 4) is 0 Å². The molecule has 17 heavy (non-hydrogen) atoms. The summed E-state index contributed by atoms with van der Waals surface area (Å²) in [4.78, 5) is 0. The van der Waals surface area contributed by atoms with Crippen LogP contribution in [0.5, 0.6) is 0 Å². The molecule has 0 aromatic heterocycles. The van der Waals surface area contributed by atoms with E-state index in [2.05, 4.69) is 33.0 Å². The predicted octanol–water partition coefficient (Wildman–Crippen LogP) is 3.61. The van der Waals surface area contributed by atoms with E-state index >= 15 is 0 Å². The first-order chi connectivity index (χ1) is 8.05. The Labute approximate surface area is 108 Å². The molecule has 0 aromatic rings. The van der Waals surface area contributed by atoms with Gasteiger partial charge in [0.25, 0.3) is 0 Å². The number of rotatable bonds is 8. The summed E-state index contributed by atoms with van der Waals surface area (Å²) < 4.78 is 5.45. The van der Waals surface area contributed by atoms with Crippen molar-refractivity contribution in [2.75, 3.05) is 19.8 Å². The Balaban J connectivity index is 2.18. The lowest BCUT2D eigenvalue weighted by atomic mass is 9.86. The van der Waals surface area contributed by atoms with Crippen molar-refractivity contribution in [1.82, 2.24) is 5.32 Å². The van der Waals surface area contributed by atoms with E-state index in [1.165, 1.54) is 32.1 Å². The maximum atomic E-state index is 5.45. The van der Waals surface area contributed by atoms with Gasteiger partial charge in [0.1, 0.15) is 0 Å². The SMILES string of the molecule is CCCCCC(C)(C)CNC(C)C1CCOC1. The molecule has 1 rings (SSSR count). The van der Waals surface area contributed by atoms with E-state index in [4.69, 9.17) is 4.74 Å². The lowest BCUT2D eigenvalue weighted by Gasteiger charge is -2.29. The van der Waals surface area contributed by atoms with Crippen LogP contribution in [0.15, 0.2) is 0 Å². The Bertz CT molecular complexity index is 197. The van der Waals surface area contributed by atoms with Gasteiger partial charge in [0.05, 0.1) is 6.61 Å². The molecule has 2 unspecified atom stereocenters. The zero-order valence-corrected chi connectivity index (χ0v) is 12.2. The minimum atomic E-state index is 0.433. The molecule has 0 aliphatic carbocycles. The fourth-order valence-electron chi connectivity index (χ4n) is 2.49. The molecule has 0 saturated carbocycles. The maximum Gasteiger partial charge on any atom is 0.0509 e. The molecule has 0 radical (unpaired) electrons. The summed E-state index contributed by atoms with van der Waals surface area (Å²) in [7, 11) is 0. The Morgan fingerprint density at radius 3 is 2.71 bits per heavy atom. The van der Waals surface area contributed by atoms with Gasteiger partial charge < -0.3 is 10.1 Å². The average Bonchev–Trinajstić information content (AvgIpc) is 2.80. The summed E-state index contributed by atoms with van der Waals surface area (Å²) in [6, 6.07) is 0.600. The minimum absolute atomic E-state index is 0.433. The van der Waals surface area contributed by atoms with Crippen molar-refractivity contribution < 1.29 is 4.74 Å². The maximum absolute atomic E-state index is 5.45. The number of hydrogen-bond donors (Lipinski definition) is 1. The topological polar surface area (TPSA) is 21.3 Å². The predicted molar refractivity (Wildman–Crippen MR) is 74.3 cm³/mol. The zero-order valence-electron chi connectivity index (χ0n) is 12.2. The molecule has 102 valence electrons. The zero-order chi connectivity index (χ0) is 12.7. The summed E-state index contributed by atoms with van der Waals surface area (Å²) >= 11 is 0. The summed E-state index contributed by atoms with van der Waals surface area (Å²) in [5.41, 5.74) is 0.433. The lowest BCUT2D eigenvalue weighted by Crippen LogP contribution is -2.39. The van der Waals surface area contributed by atoms with Gasteiger partial charge in [-0.25, -0.2) is 0 Å².